The fourth-order valence-electron chi connectivity index (χ4n) is 1.66. The van der Waals surface area contributed by atoms with Crippen molar-refractivity contribution < 1.29 is 23.7 Å². The highest BCUT2D eigenvalue weighted by atomic mass is 16.6. The third kappa shape index (κ3) is 19.2. The Bertz CT molecular complexity index is 306. The Labute approximate surface area is 146 Å². The van der Waals surface area contributed by atoms with E-state index in [1.54, 1.807) is 13.8 Å². The lowest BCUT2D eigenvalue weighted by atomic mass is 10.1. The molecule has 0 aromatic heterocycles. The molecule has 0 aromatic carbocycles. The highest BCUT2D eigenvalue weighted by Gasteiger charge is 2.06. The predicted molar refractivity (Wildman–Crippen MR) is 94.4 cm³/mol. The third-order valence-corrected chi connectivity index (χ3v) is 2.72. The summed E-state index contributed by atoms with van der Waals surface area (Å²) in [5.74, 6) is 0. The van der Waals surface area contributed by atoms with E-state index in [0.29, 0.717) is 39.6 Å². The molecule has 0 unspecified atom stereocenters. The second-order valence-corrected chi connectivity index (χ2v) is 6.75. The lowest BCUT2D eigenvalue weighted by Crippen LogP contribution is -2.36. The van der Waals surface area contributed by atoms with Crippen LogP contribution in [0.15, 0.2) is 0 Å². The minimum absolute atomic E-state index is 0.115. The minimum atomic E-state index is -0.417. The molecular formula is C17H36N2O5. The Balaban J connectivity index is 3.14. The Morgan fingerprint density at radius 2 is 1.42 bits per heavy atom. The van der Waals surface area contributed by atoms with Crippen LogP contribution in [-0.4, -0.2) is 70.5 Å². The van der Waals surface area contributed by atoms with Crippen LogP contribution < -0.4 is 10.6 Å². The van der Waals surface area contributed by atoms with E-state index in [1.807, 2.05) is 0 Å². The highest BCUT2D eigenvalue weighted by Crippen LogP contribution is 1.97. The summed E-state index contributed by atoms with van der Waals surface area (Å²) in [5, 5.41) is 6.02. The predicted octanol–water partition coefficient (Wildman–Crippen LogP) is 1.95. The zero-order valence-corrected chi connectivity index (χ0v) is 16.0. The van der Waals surface area contributed by atoms with Crippen LogP contribution in [0, 0.1) is 0 Å². The van der Waals surface area contributed by atoms with Gasteiger partial charge in [-0.15, -0.1) is 0 Å². The van der Waals surface area contributed by atoms with Crippen molar-refractivity contribution in [3.05, 3.63) is 0 Å². The normalized spacial score (nSPS) is 11.8. The molecule has 0 heterocycles. The lowest BCUT2D eigenvalue weighted by molar-refractivity contribution is 0.0144. The second-order valence-electron chi connectivity index (χ2n) is 6.75. The molecule has 0 aliphatic heterocycles. The maximum absolute atomic E-state index is 11.2. The molecule has 24 heavy (non-hydrogen) atoms. The van der Waals surface area contributed by atoms with Gasteiger partial charge in [-0.1, -0.05) is 0 Å². The van der Waals surface area contributed by atoms with Crippen LogP contribution in [0.1, 0.15) is 41.0 Å². The van der Waals surface area contributed by atoms with Crippen molar-refractivity contribution in [1.29, 1.82) is 0 Å². The van der Waals surface area contributed by atoms with Crippen molar-refractivity contribution >= 4 is 6.09 Å². The van der Waals surface area contributed by atoms with Gasteiger partial charge >= 0.3 is 6.09 Å². The summed E-state index contributed by atoms with van der Waals surface area (Å²) in [6.07, 6.45) is 0.461. The molecule has 0 radical (unpaired) electrons. The first-order valence-corrected chi connectivity index (χ1v) is 8.74. The molecule has 0 saturated heterocycles. The molecule has 0 aliphatic carbocycles. The average Bonchev–Trinajstić information content (AvgIpc) is 2.45. The largest absolute Gasteiger partial charge is 0.447 e. The van der Waals surface area contributed by atoms with Crippen LogP contribution in [0.3, 0.4) is 0 Å². The summed E-state index contributed by atoms with van der Waals surface area (Å²) in [7, 11) is 0. The summed E-state index contributed by atoms with van der Waals surface area (Å²) < 4.78 is 21.1. The van der Waals surface area contributed by atoms with E-state index in [4.69, 9.17) is 18.9 Å². The molecule has 0 spiro atoms. The van der Waals surface area contributed by atoms with E-state index in [2.05, 4.69) is 31.4 Å². The Morgan fingerprint density at radius 3 is 1.96 bits per heavy atom. The van der Waals surface area contributed by atoms with Gasteiger partial charge in [-0.25, -0.2) is 4.79 Å². The van der Waals surface area contributed by atoms with Gasteiger partial charge in [-0.2, -0.15) is 0 Å². The minimum Gasteiger partial charge on any atom is -0.447 e. The molecule has 0 aromatic rings. The number of alkyl carbamates (subject to hydrolysis) is 1. The SMILES string of the molecule is CC(C)OC(=O)NCCOCCOCCOCCCNC(C)(C)C. The smallest absolute Gasteiger partial charge is 0.407 e. The molecule has 2 N–H and O–H groups in total. The number of nitrogens with one attached hydrogen (secondary N) is 2. The lowest BCUT2D eigenvalue weighted by Gasteiger charge is -2.20. The zero-order valence-electron chi connectivity index (χ0n) is 16.0. The van der Waals surface area contributed by atoms with Gasteiger partial charge in [0, 0.05) is 18.7 Å². The van der Waals surface area contributed by atoms with Gasteiger partial charge in [-0.05, 0) is 47.6 Å². The van der Waals surface area contributed by atoms with E-state index in [-0.39, 0.29) is 11.6 Å². The van der Waals surface area contributed by atoms with Crippen LogP contribution in [0.5, 0.6) is 0 Å². The molecule has 7 nitrogen and oxygen atoms in total. The molecule has 0 rings (SSSR count). The van der Waals surface area contributed by atoms with Crippen LogP contribution in [0.25, 0.3) is 0 Å². The molecule has 0 saturated carbocycles. The van der Waals surface area contributed by atoms with Crippen molar-refractivity contribution in [1.82, 2.24) is 10.6 Å². The van der Waals surface area contributed by atoms with Crippen molar-refractivity contribution in [2.45, 2.75) is 52.7 Å². The van der Waals surface area contributed by atoms with Gasteiger partial charge in [0.1, 0.15) is 0 Å². The Hall–Kier alpha value is -0.890. The first-order valence-electron chi connectivity index (χ1n) is 8.74. The standard InChI is InChI=1S/C17H36N2O5/c1-15(2)24-16(20)18-8-10-22-12-14-23-13-11-21-9-6-7-19-17(3,4)5/h15,19H,6-14H2,1-5H3,(H,18,20). The maximum Gasteiger partial charge on any atom is 0.407 e. The summed E-state index contributed by atoms with van der Waals surface area (Å²) >= 11 is 0. The fourth-order valence-corrected chi connectivity index (χ4v) is 1.66. The quantitative estimate of drug-likeness (QED) is 0.467. The molecule has 0 fully saturated rings. The number of hydrogen-bond donors (Lipinski definition) is 2. The van der Waals surface area contributed by atoms with E-state index < -0.39 is 6.09 Å². The first kappa shape index (κ1) is 23.1. The molecule has 0 atom stereocenters. The van der Waals surface area contributed by atoms with Crippen molar-refractivity contribution in [2.75, 3.05) is 52.7 Å². The third-order valence-electron chi connectivity index (χ3n) is 2.72. The Morgan fingerprint density at radius 1 is 0.875 bits per heavy atom. The van der Waals surface area contributed by atoms with Crippen molar-refractivity contribution in [2.24, 2.45) is 0 Å². The molecule has 7 heteroatoms. The second kappa shape index (κ2) is 14.5. The number of rotatable bonds is 14. The van der Waals surface area contributed by atoms with Crippen molar-refractivity contribution in [3.63, 3.8) is 0 Å². The van der Waals surface area contributed by atoms with E-state index in [0.717, 1.165) is 19.6 Å². The molecule has 0 bridgehead atoms. The zero-order chi connectivity index (χ0) is 18.3. The summed E-state index contributed by atoms with van der Waals surface area (Å²) in [6, 6.07) is 0. The van der Waals surface area contributed by atoms with Crippen LogP contribution in [0.4, 0.5) is 4.79 Å². The van der Waals surface area contributed by atoms with Gasteiger partial charge in [0.2, 0.25) is 0 Å². The van der Waals surface area contributed by atoms with Gasteiger partial charge in [0.15, 0.2) is 0 Å². The molecular weight excluding hydrogens is 312 g/mol. The fraction of sp³-hybridized carbons (Fsp3) is 0.941. The van der Waals surface area contributed by atoms with Crippen LogP contribution in [-0.2, 0) is 18.9 Å². The average molecular weight is 348 g/mol. The van der Waals surface area contributed by atoms with Gasteiger partial charge < -0.3 is 29.6 Å². The molecule has 1 amide bonds. The van der Waals surface area contributed by atoms with E-state index >= 15 is 0 Å². The number of carbonyl (C=O) groups excluding carboxylic acids is 1. The molecule has 144 valence electrons. The van der Waals surface area contributed by atoms with E-state index in [9.17, 15) is 4.79 Å². The first-order chi connectivity index (χ1) is 11.3. The highest BCUT2D eigenvalue weighted by molar-refractivity contribution is 5.67. The number of ether oxygens (including phenoxy) is 4. The Kier molecular flexibility index (Phi) is 13.9. The topological polar surface area (TPSA) is 78.1 Å². The van der Waals surface area contributed by atoms with Gasteiger partial charge in [0.05, 0.1) is 39.1 Å². The monoisotopic (exact) mass is 348 g/mol. The van der Waals surface area contributed by atoms with Crippen LogP contribution in [0.2, 0.25) is 0 Å². The number of amides is 1. The molecule has 0 aliphatic rings. The van der Waals surface area contributed by atoms with Gasteiger partial charge in [0.25, 0.3) is 0 Å². The van der Waals surface area contributed by atoms with E-state index in [1.165, 1.54) is 0 Å². The van der Waals surface area contributed by atoms with Gasteiger partial charge in [-0.3, -0.25) is 0 Å². The van der Waals surface area contributed by atoms with Crippen LogP contribution >= 0.6 is 0 Å². The van der Waals surface area contributed by atoms with Crippen molar-refractivity contribution in [3.8, 4) is 0 Å². The summed E-state index contributed by atoms with van der Waals surface area (Å²) in [4.78, 5) is 11.2. The number of carbonyl (C=O) groups is 1. The summed E-state index contributed by atoms with van der Waals surface area (Å²) in [5.41, 5.74) is 0.160. The summed E-state index contributed by atoms with van der Waals surface area (Å²) in [6.45, 7) is 14.8. The number of hydrogen-bond acceptors (Lipinski definition) is 6. The maximum atomic E-state index is 11.2.